The van der Waals surface area contributed by atoms with Crippen LogP contribution >= 0.6 is 0 Å². The second-order valence-electron chi connectivity index (χ2n) is 24.8. The summed E-state index contributed by atoms with van der Waals surface area (Å²) in [7, 11) is 0. The summed E-state index contributed by atoms with van der Waals surface area (Å²) in [6.07, 6.45) is 0. The van der Waals surface area contributed by atoms with Crippen LogP contribution in [0, 0.1) is 0 Å². The normalized spacial score (nSPS) is 15.6. The van der Waals surface area contributed by atoms with Crippen LogP contribution in [0.1, 0.15) is 95.2 Å². The first-order valence-corrected chi connectivity index (χ1v) is 30.1. The van der Waals surface area contributed by atoms with Crippen LogP contribution in [0.3, 0.4) is 0 Å². The molecular weight excluding hydrogens is 1040 g/mol. The maximum absolute atomic E-state index is 5.43. The van der Waals surface area contributed by atoms with Gasteiger partial charge in [-0.1, -0.05) is 270 Å². The third kappa shape index (κ3) is 7.69. The Kier molecular flexibility index (Phi) is 11.1. The van der Waals surface area contributed by atoms with Crippen molar-refractivity contribution >= 4 is 0 Å². The smallest absolute Gasteiger partial charge is 0.160 e. The van der Waals surface area contributed by atoms with E-state index in [1.807, 2.05) is 0 Å². The van der Waals surface area contributed by atoms with E-state index in [1.165, 1.54) is 100 Å². The molecule has 0 N–H and O–H groups in total. The summed E-state index contributed by atoms with van der Waals surface area (Å²) in [5.74, 6) is 1.45. The van der Waals surface area contributed by atoms with Crippen LogP contribution in [0.15, 0.2) is 267 Å². The quantitative estimate of drug-likeness (QED) is 0.152. The molecule has 0 saturated carbocycles. The van der Waals surface area contributed by atoms with E-state index in [2.05, 4.69) is 295 Å². The van der Waals surface area contributed by atoms with Gasteiger partial charge in [0.1, 0.15) is 0 Å². The highest BCUT2D eigenvalue weighted by Crippen LogP contribution is 2.58. The number of hydrogen-bond donors (Lipinski definition) is 0. The molecule has 2 bridgehead atoms. The Morgan fingerprint density at radius 3 is 0.942 bits per heavy atom. The van der Waals surface area contributed by atoms with Gasteiger partial charge in [0.2, 0.25) is 0 Å². The van der Waals surface area contributed by atoms with Crippen molar-refractivity contribution in [2.24, 2.45) is 0 Å². The number of hydrogen-bond acceptors (Lipinski definition) is 4. The number of aromatic nitrogens is 4. The van der Waals surface area contributed by atoms with E-state index in [1.54, 1.807) is 0 Å². The lowest BCUT2D eigenvalue weighted by molar-refractivity contribution is 0.660. The van der Waals surface area contributed by atoms with Crippen LogP contribution in [0.5, 0.6) is 0 Å². The number of rotatable bonds is 8. The first-order valence-electron chi connectivity index (χ1n) is 30.1. The summed E-state index contributed by atoms with van der Waals surface area (Å²) in [5, 5.41) is 0. The number of benzene rings is 11. The van der Waals surface area contributed by atoms with Gasteiger partial charge in [-0.25, -0.2) is 19.9 Å². The molecule has 0 spiro atoms. The second kappa shape index (κ2) is 19.1. The van der Waals surface area contributed by atoms with Gasteiger partial charge in [0, 0.05) is 56.0 Å². The maximum Gasteiger partial charge on any atom is 0.160 e. The first kappa shape index (κ1) is 50.1. The fourth-order valence-electron chi connectivity index (χ4n) is 15.1. The fourth-order valence-corrected chi connectivity index (χ4v) is 15.1. The van der Waals surface area contributed by atoms with E-state index in [0.29, 0.717) is 11.6 Å². The molecule has 0 saturated heterocycles. The Morgan fingerprint density at radius 2 is 0.535 bits per heavy atom. The highest BCUT2D eigenvalue weighted by Gasteiger charge is 2.42. The Morgan fingerprint density at radius 1 is 0.233 bits per heavy atom. The van der Waals surface area contributed by atoms with Gasteiger partial charge in [-0.05, 0) is 124 Å². The molecule has 13 aromatic rings. The van der Waals surface area contributed by atoms with Gasteiger partial charge in [0.25, 0.3) is 0 Å². The predicted octanol–water partition coefficient (Wildman–Crippen LogP) is 20.2. The molecule has 0 aliphatic heterocycles. The van der Waals surface area contributed by atoms with E-state index in [4.69, 9.17) is 19.9 Å². The van der Waals surface area contributed by atoms with Gasteiger partial charge >= 0.3 is 0 Å². The average Bonchev–Trinajstić information content (AvgIpc) is 0.919. The average molecular weight is 1100 g/mol. The van der Waals surface area contributed by atoms with E-state index in [9.17, 15) is 0 Å². The van der Waals surface area contributed by atoms with Gasteiger partial charge in [0.15, 0.2) is 11.6 Å². The molecule has 0 fully saturated rings. The van der Waals surface area contributed by atoms with Crippen LogP contribution in [0.4, 0.5) is 0 Å². The van der Waals surface area contributed by atoms with Crippen LogP contribution < -0.4 is 0 Å². The van der Waals surface area contributed by atoms with Gasteiger partial charge in [-0.3, -0.25) is 0 Å². The fraction of sp³-hybridized carbons (Fsp3) is 0.0976. The SMILES string of the molecule is CC1(C)c2ccccc2-c2c(-c3ccc(-c4cc(-c5ccccc5)nc(-c5ccc6c(c5)C5c7ccccc7C6c6cc(-c7nc(-c8ccccc8)cc(-c8ccc(-c9cccc%10c9-c9ccccc9C%10(C)C)cc8)n7)ccc65)n4)cc3)cccc21. The van der Waals surface area contributed by atoms with Crippen molar-refractivity contribution in [2.75, 3.05) is 0 Å². The predicted molar refractivity (Wildman–Crippen MR) is 351 cm³/mol. The zero-order valence-corrected chi connectivity index (χ0v) is 48.3. The second-order valence-corrected chi connectivity index (χ2v) is 24.8. The van der Waals surface area contributed by atoms with Gasteiger partial charge < -0.3 is 0 Å². The minimum absolute atomic E-state index is 0.0209. The highest BCUT2D eigenvalue weighted by molar-refractivity contribution is 5.94. The van der Waals surface area contributed by atoms with E-state index >= 15 is 0 Å². The molecule has 2 heterocycles. The first-order chi connectivity index (χ1) is 42.1. The van der Waals surface area contributed by atoms with Crippen molar-refractivity contribution < 1.29 is 0 Å². The monoisotopic (exact) mass is 1100 g/mol. The molecule has 18 rings (SSSR count). The summed E-state index contributed by atoms with van der Waals surface area (Å²) in [6.45, 7) is 9.37. The lowest BCUT2D eigenvalue weighted by Gasteiger charge is -2.42. The van der Waals surface area contributed by atoms with Crippen LogP contribution in [-0.4, -0.2) is 19.9 Å². The molecule has 86 heavy (non-hydrogen) atoms. The van der Waals surface area contributed by atoms with Crippen molar-refractivity contribution in [2.45, 2.75) is 50.4 Å². The van der Waals surface area contributed by atoms with Gasteiger partial charge in [-0.15, -0.1) is 0 Å². The zero-order chi connectivity index (χ0) is 57.4. The molecular formula is C82H58N4. The molecule has 5 aliphatic carbocycles. The Hall–Kier alpha value is -10.4. The summed E-state index contributed by atoms with van der Waals surface area (Å²) in [5.41, 5.74) is 33.2. The molecule has 4 heteroatoms. The molecule has 0 radical (unpaired) electrons. The Bertz CT molecular complexity index is 4610. The summed E-state index contributed by atoms with van der Waals surface area (Å²) < 4.78 is 0. The lowest BCUT2D eigenvalue weighted by Crippen LogP contribution is -2.27. The zero-order valence-electron chi connectivity index (χ0n) is 48.3. The molecule has 2 atom stereocenters. The van der Waals surface area contributed by atoms with Crippen LogP contribution in [0.2, 0.25) is 0 Å². The largest absolute Gasteiger partial charge is 0.228 e. The van der Waals surface area contributed by atoms with Crippen LogP contribution in [-0.2, 0) is 10.8 Å². The molecule has 406 valence electrons. The van der Waals surface area contributed by atoms with Gasteiger partial charge in [-0.2, -0.15) is 0 Å². The number of nitrogens with zero attached hydrogens (tertiary/aromatic N) is 4. The van der Waals surface area contributed by atoms with E-state index in [0.717, 1.165) is 56.2 Å². The van der Waals surface area contributed by atoms with Crippen molar-refractivity contribution in [3.05, 3.63) is 323 Å². The summed E-state index contributed by atoms with van der Waals surface area (Å²) in [4.78, 5) is 21.6. The standard InChI is InChI=1S/C82H58N4/c1-81(2)67-29-15-13-25-63(67)77-57(27-17-31-69(77)81)49-33-37-53(38-34-49)73-47-71(51-19-7-5-8-20-51)83-79(85-73)55-41-43-61-65(45-55)75-59-23-11-12-24-60(59)76(61)66-46-56(42-44-62(66)75)80-84-72(52-21-9-6-10-22-52)48-74(86-80)54-39-35-50(36-40-54)58-28-18-32-70-78(58)64-26-14-16-30-68(64)82(70,3)4/h5-48,75-76H,1-4H3. The van der Waals surface area contributed by atoms with Crippen molar-refractivity contribution in [1.29, 1.82) is 0 Å². The molecule has 2 unspecified atom stereocenters. The summed E-state index contributed by atoms with van der Waals surface area (Å²) >= 11 is 0. The minimum atomic E-state index is -0.0661. The lowest BCUT2D eigenvalue weighted by atomic mass is 9.61. The van der Waals surface area contributed by atoms with Crippen LogP contribution in [0.25, 0.3) is 112 Å². The third-order valence-corrected chi connectivity index (χ3v) is 19.3. The molecule has 4 nitrogen and oxygen atoms in total. The van der Waals surface area contributed by atoms with Gasteiger partial charge in [0.05, 0.1) is 22.8 Å². The third-order valence-electron chi connectivity index (χ3n) is 19.3. The Labute approximate surface area is 502 Å². The minimum Gasteiger partial charge on any atom is -0.228 e. The van der Waals surface area contributed by atoms with Crippen molar-refractivity contribution in [3.63, 3.8) is 0 Å². The van der Waals surface area contributed by atoms with Crippen molar-refractivity contribution in [1.82, 2.24) is 19.9 Å². The maximum atomic E-state index is 5.43. The Balaban J connectivity index is 0.735. The number of fused-ring (bicyclic) bond motifs is 6. The molecule has 5 aliphatic rings. The van der Waals surface area contributed by atoms with E-state index < -0.39 is 0 Å². The molecule has 2 aromatic heterocycles. The van der Waals surface area contributed by atoms with E-state index in [-0.39, 0.29) is 22.7 Å². The topological polar surface area (TPSA) is 51.6 Å². The summed E-state index contributed by atoms with van der Waals surface area (Å²) in [6, 6.07) is 97.5. The highest BCUT2D eigenvalue weighted by atomic mass is 14.9. The van der Waals surface area contributed by atoms with Crippen molar-refractivity contribution in [3.8, 4) is 112 Å². The molecule has 0 amide bonds. The molecule has 11 aromatic carbocycles.